The molecule has 130 valence electrons. The number of hydrogen-bond donors (Lipinski definition) is 1. The number of piperidine rings is 1. The highest BCUT2D eigenvalue weighted by Gasteiger charge is 2.29. The minimum absolute atomic E-state index is 0.216. The van der Waals surface area contributed by atoms with Gasteiger partial charge in [0, 0.05) is 26.3 Å². The molecule has 2 aromatic rings. The van der Waals surface area contributed by atoms with Gasteiger partial charge in [-0.05, 0) is 30.9 Å². The van der Waals surface area contributed by atoms with E-state index in [0.717, 1.165) is 24.2 Å². The Balaban J connectivity index is 1.73. The first-order valence-electron chi connectivity index (χ1n) is 7.76. The third-order valence-electron chi connectivity index (χ3n) is 4.10. The lowest BCUT2D eigenvalue weighted by atomic mass is 10.0. The predicted octanol–water partition coefficient (Wildman–Crippen LogP) is 2.15. The van der Waals surface area contributed by atoms with Gasteiger partial charge in [0.2, 0.25) is 0 Å². The minimum Gasteiger partial charge on any atom is -0.319 e. The molecule has 0 saturated carbocycles. The molecule has 0 spiro atoms. The number of sulfonamides is 1. The number of hydrogen-bond acceptors (Lipinski definition) is 5. The number of carbonyl (C=O) groups is 1. The molecule has 7 nitrogen and oxygen atoms in total. The van der Waals surface area contributed by atoms with Crippen molar-refractivity contribution in [1.29, 1.82) is 0 Å². The molecule has 2 aromatic heterocycles. The van der Waals surface area contributed by atoms with Gasteiger partial charge in [0.15, 0.2) is 0 Å². The van der Waals surface area contributed by atoms with Crippen LogP contribution in [-0.4, -0.2) is 41.5 Å². The summed E-state index contributed by atoms with van der Waals surface area (Å²) in [5.41, 5.74) is 0.574. The van der Waals surface area contributed by atoms with Gasteiger partial charge in [-0.3, -0.25) is 9.48 Å². The molecular formula is C15H20N4O3S2. The summed E-state index contributed by atoms with van der Waals surface area (Å²) in [7, 11) is -1.76. The fraction of sp³-hybridized carbons (Fsp3) is 0.467. The molecular weight excluding hydrogens is 348 g/mol. The van der Waals surface area contributed by atoms with Crippen LogP contribution in [0.5, 0.6) is 0 Å². The van der Waals surface area contributed by atoms with Crippen LogP contribution < -0.4 is 5.32 Å². The zero-order chi connectivity index (χ0) is 17.3. The van der Waals surface area contributed by atoms with E-state index >= 15 is 0 Å². The normalized spacial score (nSPS) is 17.1. The summed E-state index contributed by atoms with van der Waals surface area (Å²) >= 11 is 1.000. The number of rotatable bonds is 4. The predicted molar refractivity (Wildman–Crippen MR) is 92.6 cm³/mol. The topological polar surface area (TPSA) is 84.3 Å². The van der Waals surface area contributed by atoms with E-state index in [2.05, 4.69) is 17.3 Å². The average molecular weight is 368 g/mol. The number of aromatic nitrogens is 2. The number of carbonyl (C=O) groups excluding carboxylic acids is 1. The number of anilines is 1. The molecule has 0 aliphatic carbocycles. The summed E-state index contributed by atoms with van der Waals surface area (Å²) in [5.74, 6) is 0.224. The number of nitrogens with one attached hydrogen (secondary N) is 1. The molecule has 1 N–H and O–H groups in total. The SMILES string of the molecule is CC1CCN(S(=O)(=O)c2ccc(C(=O)Nc3cnn(C)c3)s2)CC1. The smallest absolute Gasteiger partial charge is 0.265 e. The van der Waals surface area contributed by atoms with Crippen molar-refractivity contribution < 1.29 is 13.2 Å². The zero-order valence-electron chi connectivity index (χ0n) is 13.6. The van der Waals surface area contributed by atoms with E-state index in [9.17, 15) is 13.2 Å². The van der Waals surface area contributed by atoms with E-state index in [1.54, 1.807) is 24.0 Å². The lowest BCUT2D eigenvalue weighted by Crippen LogP contribution is -2.37. The molecule has 1 saturated heterocycles. The van der Waals surface area contributed by atoms with Crippen LogP contribution in [0.1, 0.15) is 29.4 Å². The van der Waals surface area contributed by atoms with Crippen molar-refractivity contribution in [2.45, 2.75) is 24.0 Å². The molecule has 0 aromatic carbocycles. The molecule has 0 atom stereocenters. The van der Waals surface area contributed by atoms with Crippen molar-refractivity contribution in [2.24, 2.45) is 13.0 Å². The van der Waals surface area contributed by atoms with Crippen molar-refractivity contribution in [3.05, 3.63) is 29.4 Å². The van der Waals surface area contributed by atoms with Gasteiger partial charge >= 0.3 is 0 Å². The van der Waals surface area contributed by atoms with Gasteiger partial charge in [-0.25, -0.2) is 8.42 Å². The summed E-state index contributed by atoms with van der Waals surface area (Å²) in [5, 5.41) is 6.69. The maximum Gasteiger partial charge on any atom is 0.265 e. The van der Waals surface area contributed by atoms with Crippen molar-refractivity contribution in [2.75, 3.05) is 18.4 Å². The van der Waals surface area contributed by atoms with Crippen LogP contribution in [0.2, 0.25) is 0 Å². The molecule has 1 fully saturated rings. The third-order valence-corrected chi connectivity index (χ3v) is 7.55. The van der Waals surface area contributed by atoms with Crippen LogP contribution in [0.15, 0.2) is 28.7 Å². The Morgan fingerprint density at radius 1 is 1.33 bits per heavy atom. The highest BCUT2D eigenvalue weighted by atomic mass is 32.2. The van der Waals surface area contributed by atoms with Crippen LogP contribution in [0, 0.1) is 5.92 Å². The number of thiophene rings is 1. The van der Waals surface area contributed by atoms with Crippen LogP contribution >= 0.6 is 11.3 Å². The van der Waals surface area contributed by atoms with Gasteiger partial charge in [-0.1, -0.05) is 6.92 Å². The minimum atomic E-state index is -3.51. The van der Waals surface area contributed by atoms with Crippen molar-refractivity contribution in [3.8, 4) is 0 Å². The summed E-state index contributed by atoms with van der Waals surface area (Å²) in [4.78, 5) is 12.6. The van der Waals surface area contributed by atoms with E-state index in [1.165, 1.54) is 16.6 Å². The number of aryl methyl sites for hydroxylation is 1. The molecule has 0 unspecified atom stereocenters. The Labute approximate surface area is 145 Å². The molecule has 1 aliphatic rings. The van der Waals surface area contributed by atoms with Crippen LogP contribution in [0.4, 0.5) is 5.69 Å². The van der Waals surface area contributed by atoms with Crippen LogP contribution in [0.3, 0.4) is 0 Å². The molecule has 3 heterocycles. The van der Waals surface area contributed by atoms with Gasteiger partial charge in [0.25, 0.3) is 15.9 Å². The Hall–Kier alpha value is -1.71. The van der Waals surface area contributed by atoms with Crippen molar-refractivity contribution in [1.82, 2.24) is 14.1 Å². The van der Waals surface area contributed by atoms with Gasteiger partial charge < -0.3 is 5.32 Å². The molecule has 0 bridgehead atoms. The highest BCUT2D eigenvalue weighted by Crippen LogP contribution is 2.28. The molecule has 0 radical (unpaired) electrons. The van der Waals surface area contributed by atoms with Crippen molar-refractivity contribution >= 4 is 33.0 Å². The fourth-order valence-corrected chi connectivity index (χ4v) is 5.44. The van der Waals surface area contributed by atoms with Gasteiger partial charge in [0.1, 0.15) is 4.21 Å². The quantitative estimate of drug-likeness (QED) is 0.896. The molecule has 3 rings (SSSR count). The second kappa shape index (κ2) is 6.66. The summed E-state index contributed by atoms with van der Waals surface area (Å²) in [6.45, 7) is 3.22. The van der Waals surface area contributed by atoms with E-state index < -0.39 is 10.0 Å². The van der Waals surface area contributed by atoms with E-state index in [0.29, 0.717) is 29.6 Å². The standard InChI is InChI=1S/C15H20N4O3S2/c1-11-5-7-19(8-6-11)24(21,22)14-4-3-13(23-14)15(20)17-12-9-16-18(2)10-12/h3-4,9-11H,5-8H2,1-2H3,(H,17,20). The number of nitrogens with zero attached hydrogens (tertiary/aromatic N) is 3. The van der Waals surface area contributed by atoms with Crippen LogP contribution in [0.25, 0.3) is 0 Å². The Morgan fingerprint density at radius 2 is 2.04 bits per heavy atom. The summed E-state index contributed by atoms with van der Waals surface area (Å²) < 4.78 is 28.7. The van der Waals surface area contributed by atoms with Gasteiger partial charge in [0.05, 0.1) is 16.8 Å². The average Bonchev–Trinajstić information content (AvgIpc) is 3.17. The van der Waals surface area contributed by atoms with Gasteiger partial charge in [-0.15, -0.1) is 11.3 Å². The molecule has 1 amide bonds. The Bertz CT molecular complexity index is 833. The van der Waals surface area contributed by atoms with E-state index in [-0.39, 0.29) is 10.1 Å². The first kappa shape index (κ1) is 17.1. The zero-order valence-corrected chi connectivity index (χ0v) is 15.2. The number of amides is 1. The molecule has 24 heavy (non-hydrogen) atoms. The summed E-state index contributed by atoms with van der Waals surface area (Å²) in [6, 6.07) is 3.06. The monoisotopic (exact) mass is 368 g/mol. The first-order valence-corrected chi connectivity index (χ1v) is 10.0. The summed E-state index contributed by atoms with van der Waals surface area (Å²) in [6.07, 6.45) is 4.97. The van der Waals surface area contributed by atoms with E-state index in [1.807, 2.05) is 0 Å². The van der Waals surface area contributed by atoms with Crippen LogP contribution in [-0.2, 0) is 17.1 Å². The van der Waals surface area contributed by atoms with Gasteiger partial charge in [-0.2, -0.15) is 9.40 Å². The Kier molecular flexibility index (Phi) is 4.75. The largest absolute Gasteiger partial charge is 0.319 e. The van der Waals surface area contributed by atoms with E-state index in [4.69, 9.17) is 0 Å². The second-order valence-corrected chi connectivity index (χ2v) is 9.31. The fourth-order valence-electron chi connectivity index (χ4n) is 2.61. The third kappa shape index (κ3) is 3.52. The highest BCUT2D eigenvalue weighted by molar-refractivity contribution is 7.91. The van der Waals surface area contributed by atoms with Crippen molar-refractivity contribution in [3.63, 3.8) is 0 Å². The second-order valence-electron chi connectivity index (χ2n) is 6.06. The maximum absolute atomic E-state index is 12.7. The lowest BCUT2D eigenvalue weighted by molar-refractivity contribution is 0.103. The molecule has 9 heteroatoms. The Morgan fingerprint density at radius 3 is 2.67 bits per heavy atom. The first-order chi connectivity index (χ1) is 11.4. The molecule has 1 aliphatic heterocycles. The maximum atomic E-state index is 12.7. The lowest BCUT2D eigenvalue weighted by Gasteiger charge is -2.28.